The highest BCUT2D eigenvalue weighted by Crippen LogP contribution is 2.30. The van der Waals surface area contributed by atoms with Crippen LogP contribution in [0.2, 0.25) is 0 Å². The number of hydrogen-bond acceptors (Lipinski definition) is 4. The Morgan fingerprint density at radius 3 is 2.48 bits per heavy atom. The van der Waals surface area contributed by atoms with Crippen LogP contribution in [0.4, 0.5) is 5.13 Å². The lowest BCUT2D eigenvalue weighted by molar-refractivity contribution is -0.118. The normalized spacial score (nSPS) is 10.9. The van der Waals surface area contributed by atoms with Crippen LogP contribution in [-0.2, 0) is 17.6 Å². The van der Waals surface area contributed by atoms with Crippen molar-refractivity contribution in [3.8, 4) is 0 Å². The van der Waals surface area contributed by atoms with Crippen LogP contribution in [0.25, 0.3) is 10.2 Å². The Hall–Kier alpha value is -1.95. The summed E-state index contributed by atoms with van der Waals surface area (Å²) in [6, 6.07) is 16.6. The van der Waals surface area contributed by atoms with Crippen LogP contribution in [0.5, 0.6) is 0 Å². The van der Waals surface area contributed by atoms with Crippen molar-refractivity contribution in [2.45, 2.75) is 32.6 Å². The standard InChI is InChI=1S/C23H29N3OS.ClH/c1-4-18-11-13-20-21(17-18)28-23(24-20)26(16-8-15-25(2)3)22(27)14-12-19-9-6-5-7-10-19;/h5-7,9-11,13,17H,4,8,12,14-16H2,1-3H3;1H. The lowest BCUT2D eigenvalue weighted by Gasteiger charge is -2.21. The molecule has 0 bridgehead atoms. The first-order valence-electron chi connectivity index (χ1n) is 9.95. The van der Waals surface area contributed by atoms with E-state index in [1.54, 1.807) is 11.3 Å². The van der Waals surface area contributed by atoms with Gasteiger partial charge in [-0.3, -0.25) is 9.69 Å². The van der Waals surface area contributed by atoms with E-state index in [-0.39, 0.29) is 18.3 Å². The molecule has 0 radical (unpaired) electrons. The van der Waals surface area contributed by atoms with E-state index in [9.17, 15) is 4.79 Å². The van der Waals surface area contributed by atoms with Crippen LogP contribution < -0.4 is 4.90 Å². The Balaban J connectivity index is 0.00000300. The summed E-state index contributed by atoms with van der Waals surface area (Å²) in [6.45, 7) is 3.81. The minimum absolute atomic E-state index is 0. The maximum Gasteiger partial charge on any atom is 0.229 e. The monoisotopic (exact) mass is 431 g/mol. The molecule has 0 spiro atoms. The van der Waals surface area contributed by atoms with Crippen LogP contribution in [-0.4, -0.2) is 43.0 Å². The zero-order valence-electron chi connectivity index (χ0n) is 17.4. The minimum Gasteiger partial charge on any atom is -0.309 e. The first kappa shape index (κ1) is 23.3. The maximum absolute atomic E-state index is 13.1. The smallest absolute Gasteiger partial charge is 0.229 e. The van der Waals surface area contributed by atoms with Crippen LogP contribution >= 0.6 is 23.7 Å². The number of halogens is 1. The Labute approximate surface area is 184 Å². The van der Waals surface area contributed by atoms with E-state index in [1.165, 1.54) is 11.1 Å². The van der Waals surface area contributed by atoms with Crippen molar-refractivity contribution in [3.63, 3.8) is 0 Å². The van der Waals surface area contributed by atoms with Gasteiger partial charge in [0, 0.05) is 13.0 Å². The average Bonchev–Trinajstić information content (AvgIpc) is 3.12. The second kappa shape index (κ2) is 11.3. The molecule has 1 heterocycles. The fourth-order valence-electron chi connectivity index (χ4n) is 3.20. The number of fused-ring (bicyclic) bond motifs is 1. The zero-order chi connectivity index (χ0) is 19.9. The summed E-state index contributed by atoms with van der Waals surface area (Å²) < 4.78 is 1.16. The number of benzene rings is 2. The molecule has 3 rings (SSSR count). The van der Waals surface area contributed by atoms with Crippen LogP contribution in [0.1, 0.15) is 30.9 Å². The number of thiazole rings is 1. The summed E-state index contributed by atoms with van der Waals surface area (Å²) in [7, 11) is 4.12. The average molecular weight is 432 g/mol. The van der Waals surface area contributed by atoms with Gasteiger partial charge in [0.1, 0.15) is 0 Å². The van der Waals surface area contributed by atoms with Gasteiger partial charge in [0.25, 0.3) is 0 Å². The highest BCUT2D eigenvalue weighted by atomic mass is 35.5. The van der Waals surface area contributed by atoms with Crippen molar-refractivity contribution < 1.29 is 4.79 Å². The number of amides is 1. The van der Waals surface area contributed by atoms with Crippen LogP contribution in [0, 0.1) is 0 Å². The molecule has 0 N–H and O–H groups in total. The fraction of sp³-hybridized carbons (Fsp3) is 0.391. The SMILES string of the molecule is CCc1ccc2nc(N(CCCN(C)C)C(=O)CCc3ccccc3)sc2c1.Cl. The Morgan fingerprint density at radius 2 is 1.79 bits per heavy atom. The number of nitrogens with zero attached hydrogens (tertiary/aromatic N) is 3. The van der Waals surface area contributed by atoms with Gasteiger partial charge in [0.2, 0.25) is 5.91 Å². The van der Waals surface area contributed by atoms with Gasteiger partial charge in [-0.25, -0.2) is 4.98 Å². The number of anilines is 1. The summed E-state index contributed by atoms with van der Waals surface area (Å²) in [5.74, 6) is 0.150. The molecular weight excluding hydrogens is 402 g/mol. The second-order valence-corrected chi connectivity index (χ2v) is 8.35. The third kappa shape index (κ3) is 6.53. The predicted molar refractivity (Wildman–Crippen MR) is 127 cm³/mol. The molecule has 0 aliphatic rings. The summed E-state index contributed by atoms with van der Waals surface area (Å²) in [5.41, 5.74) is 3.48. The molecule has 0 atom stereocenters. The summed E-state index contributed by atoms with van der Waals surface area (Å²) in [5, 5.41) is 0.820. The van der Waals surface area contributed by atoms with Gasteiger partial charge in [0.15, 0.2) is 5.13 Å². The number of carbonyl (C=O) groups excluding carboxylic acids is 1. The molecule has 0 aliphatic heterocycles. The van der Waals surface area contributed by atoms with E-state index in [2.05, 4.69) is 56.3 Å². The summed E-state index contributed by atoms with van der Waals surface area (Å²) >= 11 is 1.62. The van der Waals surface area contributed by atoms with Crippen molar-refractivity contribution in [1.82, 2.24) is 9.88 Å². The molecule has 0 saturated carbocycles. The molecule has 0 aliphatic carbocycles. The Bertz CT molecular complexity index is 911. The summed E-state index contributed by atoms with van der Waals surface area (Å²) in [6.07, 6.45) is 3.20. The molecule has 6 heteroatoms. The first-order chi connectivity index (χ1) is 13.6. The third-order valence-electron chi connectivity index (χ3n) is 4.84. The van der Waals surface area contributed by atoms with Gasteiger partial charge in [0.05, 0.1) is 10.2 Å². The Kier molecular flexibility index (Phi) is 9.08. The molecule has 0 saturated heterocycles. The van der Waals surface area contributed by atoms with Crippen molar-refractivity contribution in [3.05, 3.63) is 59.7 Å². The number of carbonyl (C=O) groups is 1. The molecule has 0 unspecified atom stereocenters. The van der Waals surface area contributed by atoms with Gasteiger partial charge in [-0.1, -0.05) is 54.7 Å². The number of rotatable bonds is 9. The number of aryl methyl sites for hydroxylation is 2. The number of hydrogen-bond donors (Lipinski definition) is 0. The maximum atomic E-state index is 13.1. The third-order valence-corrected chi connectivity index (χ3v) is 5.88. The predicted octanol–water partition coefficient (Wildman–Crippen LogP) is 5.20. The molecule has 29 heavy (non-hydrogen) atoms. The van der Waals surface area contributed by atoms with Gasteiger partial charge < -0.3 is 4.90 Å². The number of aromatic nitrogens is 1. The summed E-state index contributed by atoms with van der Waals surface area (Å²) in [4.78, 5) is 21.9. The van der Waals surface area contributed by atoms with Crippen molar-refractivity contribution in [2.24, 2.45) is 0 Å². The van der Waals surface area contributed by atoms with Crippen LogP contribution in [0.3, 0.4) is 0 Å². The van der Waals surface area contributed by atoms with Crippen molar-refractivity contribution >= 4 is 45.0 Å². The molecule has 2 aromatic carbocycles. The van der Waals surface area contributed by atoms with Gasteiger partial charge in [-0.05, 0) is 63.2 Å². The largest absolute Gasteiger partial charge is 0.309 e. The quantitative estimate of drug-likeness (QED) is 0.467. The van der Waals surface area contributed by atoms with Crippen molar-refractivity contribution in [2.75, 3.05) is 32.1 Å². The highest BCUT2D eigenvalue weighted by Gasteiger charge is 2.19. The van der Waals surface area contributed by atoms with Gasteiger partial charge in [-0.15, -0.1) is 12.4 Å². The first-order valence-corrected chi connectivity index (χ1v) is 10.8. The topological polar surface area (TPSA) is 36.4 Å². The fourth-order valence-corrected chi connectivity index (χ4v) is 4.27. The van der Waals surface area contributed by atoms with E-state index in [0.29, 0.717) is 13.0 Å². The molecule has 4 nitrogen and oxygen atoms in total. The van der Waals surface area contributed by atoms with Crippen LogP contribution in [0.15, 0.2) is 48.5 Å². The molecule has 0 fully saturated rings. The molecular formula is C23H30ClN3OS. The molecule has 1 amide bonds. The van der Waals surface area contributed by atoms with Gasteiger partial charge in [-0.2, -0.15) is 0 Å². The van der Waals surface area contributed by atoms with E-state index < -0.39 is 0 Å². The molecule has 156 valence electrons. The Morgan fingerprint density at radius 1 is 1.03 bits per heavy atom. The molecule has 3 aromatic rings. The van der Waals surface area contributed by atoms with Crippen molar-refractivity contribution in [1.29, 1.82) is 0 Å². The van der Waals surface area contributed by atoms with E-state index >= 15 is 0 Å². The lowest BCUT2D eigenvalue weighted by atomic mass is 10.1. The minimum atomic E-state index is 0. The molecule has 1 aromatic heterocycles. The highest BCUT2D eigenvalue weighted by molar-refractivity contribution is 7.22. The van der Waals surface area contributed by atoms with E-state index in [4.69, 9.17) is 4.98 Å². The van der Waals surface area contributed by atoms with Gasteiger partial charge >= 0.3 is 0 Å². The lowest BCUT2D eigenvalue weighted by Crippen LogP contribution is -2.33. The zero-order valence-corrected chi connectivity index (χ0v) is 19.1. The second-order valence-electron chi connectivity index (χ2n) is 7.34. The van der Waals surface area contributed by atoms with E-state index in [0.717, 1.165) is 41.2 Å². The van der Waals surface area contributed by atoms with E-state index in [1.807, 2.05) is 23.1 Å².